The van der Waals surface area contributed by atoms with Crippen molar-refractivity contribution in [1.82, 2.24) is 20.5 Å². The Balaban J connectivity index is 1.65. The van der Waals surface area contributed by atoms with Gasteiger partial charge in [0.15, 0.2) is 0 Å². The SMILES string of the molecule is C#CCCCC(=O)NC(C(=O)N1CC(O)CC1C(=O)NCc1ccc(-c2scnc2C)cc1)C(C)(C)C. The van der Waals surface area contributed by atoms with Crippen molar-refractivity contribution < 1.29 is 19.5 Å². The lowest BCUT2D eigenvalue weighted by Gasteiger charge is -2.35. The van der Waals surface area contributed by atoms with Crippen molar-refractivity contribution in [3.63, 3.8) is 0 Å². The van der Waals surface area contributed by atoms with Crippen LogP contribution in [-0.4, -0.2) is 57.4 Å². The molecule has 1 aliphatic rings. The zero-order valence-electron chi connectivity index (χ0n) is 21.9. The molecule has 1 aliphatic heterocycles. The van der Waals surface area contributed by atoms with Gasteiger partial charge in [-0.2, -0.15) is 0 Å². The van der Waals surface area contributed by atoms with Gasteiger partial charge in [0.2, 0.25) is 17.7 Å². The quantitative estimate of drug-likeness (QED) is 0.345. The van der Waals surface area contributed by atoms with Crippen LogP contribution < -0.4 is 10.6 Å². The van der Waals surface area contributed by atoms with Crippen molar-refractivity contribution in [2.75, 3.05) is 6.54 Å². The molecule has 9 heteroatoms. The van der Waals surface area contributed by atoms with Crippen LogP contribution in [0.15, 0.2) is 29.8 Å². The molecule has 1 saturated heterocycles. The van der Waals surface area contributed by atoms with E-state index in [1.54, 1.807) is 11.3 Å². The van der Waals surface area contributed by atoms with E-state index < -0.39 is 23.6 Å². The van der Waals surface area contributed by atoms with Gasteiger partial charge in [-0.05, 0) is 29.9 Å². The highest BCUT2D eigenvalue weighted by Crippen LogP contribution is 2.28. The van der Waals surface area contributed by atoms with Gasteiger partial charge in [-0.25, -0.2) is 4.98 Å². The number of nitrogens with zero attached hydrogens (tertiary/aromatic N) is 2. The first-order valence-corrected chi connectivity index (χ1v) is 13.4. The highest BCUT2D eigenvalue weighted by atomic mass is 32.1. The van der Waals surface area contributed by atoms with Gasteiger partial charge in [-0.1, -0.05) is 45.0 Å². The molecule has 3 N–H and O–H groups in total. The fourth-order valence-corrected chi connectivity index (χ4v) is 5.18. The maximum atomic E-state index is 13.6. The van der Waals surface area contributed by atoms with E-state index in [1.807, 2.05) is 57.5 Å². The van der Waals surface area contributed by atoms with Crippen LogP contribution in [0.1, 0.15) is 57.7 Å². The predicted molar refractivity (Wildman–Crippen MR) is 144 cm³/mol. The fourth-order valence-electron chi connectivity index (χ4n) is 4.36. The van der Waals surface area contributed by atoms with Crippen molar-refractivity contribution in [3.8, 4) is 22.8 Å². The molecule has 2 heterocycles. The lowest BCUT2D eigenvalue weighted by molar-refractivity contribution is -0.144. The Bertz CT molecular complexity index is 1150. The summed E-state index contributed by atoms with van der Waals surface area (Å²) >= 11 is 1.58. The van der Waals surface area contributed by atoms with E-state index in [4.69, 9.17) is 6.42 Å². The molecule has 0 bridgehead atoms. The summed E-state index contributed by atoms with van der Waals surface area (Å²) in [6.45, 7) is 7.88. The van der Waals surface area contributed by atoms with Crippen molar-refractivity contribution in [1.29, 1.82) is 0 Å². The second kappa shape index (κ2) is 12.3. The Morgan fingerprint density at radius 3 is 2.57 bits per heavy atom. The number of carbonyl (C=O) groups excluding carboxylic acids is 3. The Labute approximate surface area is 222 Å². The summed E-state index contributed by atoms with van der Waals surface area (Å²) in [5, 5.41) is 16.1. The van der Waals surface area contributed by atoms with E-state index in [2.05, 4.69) is 21.5 Å². The number of likely N-dealkylation sites (tertiary alicyclic amines) is 1. The second-order valence-corrected chi connectivity index (χ2v) is 11.4. The van der Waals surface area contributed by atoms with Crippen molar-refractivity contribution in [2.24, 2.45) is 5.41 Å². The molecule has 0 saturated carbocycles. The number of thiazole rings is 1. The number of aliphatic hydroxyl groups excluding tert-OH is 1. The van der Waals surface area contributed by atoms with Crippen LogP contribution in [-0.2, 0) is 20.9 Å². The molecule has 8 nitrogen and oxygen atoms in total. The van der Waals surface area contributed by atoms with Gasteiger partial charge in [-0.15, -0.1) is 23.7 Å². The maximum Gasteiger partial charge on any atom is 0.246 e. The Hall–Kier alpha value is -3.22. The van der Waals surface area contributed by atoms with Crippen LogP contribution in [0.3, 0.4) is 0 Å². The van der Waals surface area contributed by atoms with Crippen molar-refractivity contribution in [3.05, 3.63) is 41.0 Å². The average Bonchev–Trinajstić information content (AvgIpc) is 3.46. The zero-order chi connectivity index (χ0) is 27.2. The van der Waals surface area contributed by atoms with Gasteiger partial charge in [-0.3, -0.25) is 14.4 Å². The number of unbranched alkanes of at least 4 members (excludes halogenated alkanes) is 1. The van der Waals surface area contributed by atoms with Crippen LogP contribution in [0.25, 0.3) is 10.4 Å². The topological polar surface area (TPSA) is 112 Å². The number of benzene rings is 1. The van der Waals surface area contributed by atoms with Crippen LogP contribution in [0.4, 0.5) is 0 Å². The zero-order valence-corrected chi connectivity index (χ0v) is 22.7. The summed E-state index contributed by atoms with van der Waals surface area (Å²) in [6, 6.07) is 6.24. The summed E-state index contributed by atoms with van der Waals surface area (Å²) in [5.41, 5.74) is 4.19. The van der Waals surface area contributed by atoms with Gasteiger partial charge in [0, 0.05) is 32.4 Å². The molecule has 0 spiro atoms. The Morgan fingerprint density at radius 1 is 1.27 bits per heavy atom. The van der Waals surface area contributed by atoms with Gasteiger partial charge >= 0.3 is 0 Å². The minimum Gasteiger partial charge on any atom is -0.391 e. The van der Waals surface area contributed by atoms with Crippen molar-refractivity contribution in [2.45, 2.75) is 78.1 Å². The number of aryl methyl sites for hydroxylation is 1. The van der Waals surface area contributed by atoms with Crippen LogP contribution >= 0.6 is 11.3 Å². The van der Waals surface area contributed by atoms with E-state index in [-0.39, 0.29) is 37.1 Å². The lowest BCUT2D eigenvalue weighted by atomic mass is 9.85. The summed E-state index contributed by atoms with van der Waals surface area (Å²) < 4.78 is 0. The van der Waals surface area contributed by atoms with Crippen LogP contribution in [0.2, 0.25) is 0 Å². The number of carbonyl (C=O) groups is 3. The Morgan fingerprint density at radius 2 is 1.97 bits per heavy atom. The predicted octanol–water partition coefficient (Wildman–Crippen LogP) is 3.03. The number of aromatic nitrogens is 1. The standard InChI is InChI=1S/C28H36N4O4S/c1-6-7-8-9-23(34)31-25(28(3,4)5)27(36)32-16-21(33)14-22(32)26(35)29-15-19-10-12-20(13-11-19)24-18(2)30-17-37-24/h1,10-13,17,21-22,25,33H,7-9,14-16H2,2-5H3,(H,29,35)(H,31,34). The molecule has 2 aromatic rings. The van der Waals surface area contributed by atoms with Crippen molar-refractivity contribution >= 4 is 29.1 Å². The smallest absolute Gasteiger partial charge is 0.246 e. The third-order valence-corrected chi connectivity index (χ3v) is 7.41. The number of hydrogen-bond donors (Lipinski definition) is 3. The van der Waals surface area contributed by atoms with E-state index in [0.29, 0.717) is 19.4 Å². The number of hydrogen-bond acceptors (Lipinski definition) is 6. The second-order valence-electron chi connectivity index (χ2n) is 10.5. The summed E-state index contributed by atoms with van der Waals surface area (Å²) in [7, 11) is 0. The number of terminal acetylenes is 1. The first-order valence-electron chi connectivity index (χ1n) is 12.5. The fraction of sp³-hybridized carbons (Fsp3) is 0.500. The number of amides is 3. The molecule has 0 aliphatic carbocycles. The molecule has 3 unspecified atom stereocenters. The molecule has 1 aromatic heterocycles. The van der Waals surface area contributed by atoms with E-state index in [1.165, 1.54) is 4.90 Å². The third kappa shape index (κ3) is 7.40. The van der Waals surface area contributed by atoms with Gasteiger partial charge in [0.25, 0.3) is 0 Å². The molecule has 198 valence electrons. The number of β-amino-alcohol motifs (C(OH)–C–C–N with tert-alkyl or cyclic N) is 1. The average molecular weight is 525 g/mol. The minimum absolute atomic E-state index is 0.0410. The molecule has 0 radical (unpaired) electrons. The third-order valence-electron chi connectivity index (χ3n) is 6.44. The summed E-state index contributed by atoms with van der Waals surface area (Å²) in [5.74, 6) is 1.53. The molecule has 3 rings (SSSR count). The molecule has 3 amide bonds. The number of nitrogens with one attached hydrogen (secondary N) is 2. The van der Waals surface area contributed by atoms with E-state index in [9.17, 15) is 19.5 Å². The molecule has 1 aromatic carbocycles. The normalized spacial score (nSPS) is 18.2. The van der Waals surface area contributed by atoms with E-state index >= 15 is 0 Å². The summed E-state index contributed by atoms with van der Waals surface area (Å²) in [4.78, 5) is 45.9. The monoisotopic (exact) mass is 524 g/mol. The largest absolute Gasteiger partial charge is 0.391 e. The first-order chi connectivity index (χ1) is 17.5. The van der Waals surface area contributed by atoms with Gasteiger partial charge in [0.1, 0.15) is 12.1 Å². The minimum atomic E-state index is -0.839. The molecular formula is C28H36N4O4S. The van der Waals surface area contributed by atoms with Crippen LogP contribution in [0, 0.1) is 24.7 Å². The molecule has 37 heavy (non-hydrogen) atoms. The first kappa shape index (κ1) is 28.4. The van der Waals surface area contributed by atoms with Gasteiger partial charge < -0.3 is 20.6 Å². The number of rotatable bonds is 9. The Kier molecular flexibility index (Phi) is 9.46. The molecular weight excluding hydrogens is 488 g/mol. The number of aliphatic hydroxyl groups is 1. The lowest BCUT2D eigenvalue weighted by Crippen LogP contribution is -2.57. The van der Waals surface area contributed by atoms with Gasteiger partial charge in [0.05, 0.1) is 22.2 Å². The van der Waals surface area contributed by atoms with E-state index in [0.717, 1.165) is 21.7 Å². The molecule has 1 fully saturated rings. The van der Waals surface area contributed by atoms with Crippen LogP contribution in [0.5, 0.6) is 0 Å². The highest BCUT2D eigenvalue weighted by Gasteiger charge is 2.44. The molecule has 3 atom stereocenters. The summed E-state index contributed by atoms with van der Waals surface area (Å²) in [6.07, 6.45) is 5.83. The maximum absolute atomic E-state index is 13.6. The highest BCUT2D eigenvalue weighted by molar-refractivity contribution is 7.13.